The third kappa shape index (κ3) is 2.86. The molecule has 1 fully saturated rings. The Kier molecular flexibility index (Phi) is 4.15. The molecule has 1 heterocycles. The zero-order valence-corrected chi connectivity index (χ0v) is 12.5. The molecule has 1 aliphatic heterocycles. The van der Waals surface area contributed by atoms with Crippen LogP contribution in [0.25, 0.3) is 0 Å². The van der Waals surface area contributed by atoms with Crippen molar-refractivity contribution in [2.45, 2.75) is 19.9 Å². The van der Waals surface area contributed by atoms with Gasteiger partial charge in [0.25, 0.3) is 0 Å². The third-order valence-electron chi connectivity index (χ3n) is 3.02. The topological polar surface area (TPSA) is 20.3 Å². The number of rotatable bonds is 2. The normalized spacial score (nSPS) is 20.4. The number of thioether (sulfide) groups is 1. The summed E-state index contributed by atoms with van der Waals surface area (Å²) in [4.78, 5) is 14.0. The first-order chi connectivity index (χ1) is 8.09. The molecule has 17 heavy (non-hydrogen) atoms. The van der Waals surface area contributed by atoms with Crippen molar-refractivity contribution in [1.82, 2.24) is 0 Å². The fourth-order valence-corrected chi connectivity index (χ4v) is 3.49. The van der Waals surface area contributed by atoms with E-state index >= 15 is 0 Å². The van der Waals surface area contributed by atoms with Crippen molar-refractivity contribution >= 4 is 39.2 Å². The molecule has 2 rings (SSSR count). The zero-order chi connectivity index (χ0) is 12.4. The van der Waals surface area contributed by atoms with Gasteiger partial charge in [0, 0.05) is 39.8 Å². The van der Waals surface area contributed by atoms with Gasteiger partial charge in [-0.05, 0) is 32.0 Å². The predicted octanol–water partition coefficient (Wildman–Crippen LogP) is 3.59. The summed E-state index contributed by atoms with van der Waals surface area (Å²) in [6.45, 7) is 4.87. The van der Waals surface area contributed by atoms with E-state index < -0.39 is 0 Å². The fraction of sp³-hybridized carbons (Fsp3) is 0.462. The van der Waals surface area contributed by atoms with Crippen LogP contribution in [0.15, 0.2) is 22.7 Å². The van der Waals surface area contributed by atoms with Gasteiger partial charge >= 0.3 is 0 Å². The average Bonchev–Trinajstić information content (AvgIpc) is 2.29. The first-order valence-corrected chi connectivity index (χ1v) is 7.69. The molecule has 4 heteroatoms. The predicted molar refractivity (Wildman–Crippen MR) is 78.3 cm³/mol. The monoisotopic (exact) mass is 313 g/mol. The van der Waals surface area contributed by atoms with Crippen LogP contribution in [0.4, 0.5) is 5.69 Å². The molecule has 1 atom stereocenters. The first kappa shape index (κ1) is 13.0. The lowest BCUT2D eigenvalue weighted by Gasteiger charge is -2.36. The molecular weight excluding hydrogens is 298 g/mol. The van der Waals surface area contributed by atoms with E-state index in [9.17, 15) is 4.79 Å². The number of ketones is 1. The second-order valence-corrected chi connectivity index (χ2v) is 6.40. The molecule has 1 unspecified atom stereocenters. The number of hydrogen-bond donors (Lipinski definition) is 0. The van der Waals surface area contributed by atoms with Gasteiger partial charge in [-0.3, -0.25) is 4.79 Å². The highest BCUT2D eigenvalue weighted by Gasteiger charge is 2.22. The summed E-state index contributed by atoms with van der Waals surface area (Å²) in [6.07, 6.45) is 0. The molecular formula is C13H16BrNOS. The Bertz CT molecular complexity index is 435. The third-order valence-corrected chi connectivity index (χ3v) is 4.70. The Morgan fingerprint density at radius 3 is 2.94 bits per heavy atom. The average molecular weight is 314 g/mol. The molecule has 2 nitrogen and oxygen atoms in total. The van der Waals surface area contributed by atoms with Crippen molar-refractivity contribution in [2.75, 3.05) is 23.0 Å². The molecule has 92 valence electrons. The van der Waals surface area contributed by atoms with E-state index in [1.165, 1.54) is 0 Å². The lowest BCUT2D eigenvalue weighted by molar-refractivity contribution is 0.101. The molecule has 0 radical (unpaired) electrons. The maximum absolute atomic E-state index is 11.7. The van der Waals surface area contributed by atoms with Crippen molar-refractivity contribution in [1.29, 1.82) is 0 Å². The smallest absolute Gasteiger partial charge is 0.161 e. The highest BCUT2D eigenvalue weighted by Crippen LogP contribution is 2.30. The molecule has 1 aliphatic rings. The summed E-state index contributed by atoms with van der Waals surface area (Å²) in [5, 5.41) is 0. The zero-order valence-electron chi connectivity index (χ0n) is 10.1. The maximum atomic E-state index is 11.7. The Balaban J connectivity index is 2.41. The number of Topliss-reactive ketones (excluding diaryl/α,β-unsaturated/α-hetero) is 1. The fourth-order valence-electron chi connectivity index (χ4n) is 2.13. The van der Waals surface area contributed by atoms with Gasteiger partial charge in [0.15, 0.2) is 5.78 Å². The van der Waals surface area contributed by atoms with Crippen LogP contribution in [0.3, 0.4) is 0 Å². The summed E-state index contributed by atoms with van der Waals surface area (Å²) >= 11 is 5.47. The molecule has 0 aromatic heterocycles. The van der Waals surface area contributed by atoms with Gasteiger partial charge in [0.1, 0.15) is 0 Å². The second kappa shape index (κ2) is 5.44. The van der Waals surface area contributed by atoms with Gasteiger partial charge in [0.2, 0.25) is 0 Å². The number of carbonyl (C=O) groups is 1. The molecule has 0 aliphatic carbocycles. The van der Waals surface area contributed by atoms with E-state index in [4.69, 9.17) is 0 Å². The van der Waals surface area contributed by atoms with Gasteiger partial charge < -0.3 is 4.90 Å². The summed E-state index contributed by atoms with van der Waals surface area (Å²) in [6, 6.07) is 6.39. The molecule has 1 aromatic carbocycles. The molecule has 0 saturated carbocycles. The largest absolute Gasteiger partial charge is 0.367 e. The van der Waals surface area contributed by atoms with E-state index in [0.717, 1.165) is 33.8 Å². The standard InChI is InChI=1S/C13H16BrNOS/c1-9-8-17-6-5-15(9)13-7-11(14)3-4-12(13)10(2)16/h3-4,7,9H,5-6,8H2,1-2H3. The van der Waals surface area contributed by atoms with Gasteiger partial charge in [-0.2, -0.15) is 11.8 Å². The Morgan fingerprint density at radius 1 is 1.53 bits per heavy atom. The Labute approximate surface area is 115 Å². The van der Waals surface area contributed by atoms with Crippen molar-refractivity contribution in [2.24, 2.45) is 0 Å². The van der Waals surface area contributed by atoms with Gasteiger partial charge in [0.05, 0.1) is 0 Å². The van der Waals surface area contributed by atoms with Crippen LogP contribution in [-0.4, -0.2) is 29.9 Å². The number of halogens is 1. The SMILES string of the molecule is CC(=O)c1ccc(Br)cc1N1CCSCC1C. The molecule has 0 spiro atoms. The molecule has 0 bridgehead atoms. The van der Waals surface area contributed by atoms with Crippen LogP contribution < -0.4 is 4.90 Å². The number of anilines is 1. The number of benzene rings is 1. The van der Waals surface area contributed by atoms with Gasteiger partial charge in [-0.25, -0.2) is 0 Å². The van der Waals surface area contributed by atoms with Crippen LogP contribution in [0.1, 0.15) is 24.2 Å². The lowest BCUT2D eigenvalue weighted by Crippen LogP contribution is -2.41. The van der Waals surface area contributed by atoms with Gasteiger partial charge in [-0.15, -0.1) is 0 Å². The van der Waals surface area contributed by atoms with Crippen LogP contribution in [0.5, 0.6) is 0 Å². The van der Waals surface area contributed by atoms with Crippen molar-refractivity contribution in [3.05, 3.63) is 28.2 Å². The maximum Gasteiger partial charge on any atom is 0.161 e. The molecule has 1 saturated heterocycles. The van der Waals surface area contributed by atoms with E-state index in [1.807, 2.05) is 23.9 Å². The van der Waals surface area contributed by atoms with E-state index in [1.54, 1.807) is 6.92 Å². The minimum atomic E-state index is 0.137. The van der Waals surface area contributed by atoms with Crippen molar-refractivity contribution < 1.29 is 4.79 Å². The van der Waals surface area contributed by atoms with Crippen LogP contribution >= 0.6 is 27.7 Å². The molecule has 0 amide bonds. The molecule has 1 aromatic rings. The highest BCUT2D eigenvalue weighted by molar-refractivity contribution is 9.10. The molecule has 0 N–H and O–H groups in total. The number of carbonyl (C=O) groups excluding carboxylic acids is 1. The minimum absolute atomic E-state index is 0.137. The van der Waals surface area contributed by atoms with Gasteiger partial charge in [-0.1, -0.05) is 15.9 Å². The quantitative estimate of drug-likeness (QED) is 0.778. The highest BCUT2D eigenvalue weighted by atomic mass is 79.9. The second-order valence-electron chi connectivity index (χ2n) is 4.33. The number of hydrogen-bond acceptors (Lipinski definition) is 3. The van der Waals surface area contributed by atoms with Crippen LogP contribution in [0, 0.1) is 0 Å². The first-order valence-electron chi connectivity index (χ1n) is 5.74. The van der Waals surface area contributed by atoms with Crippen molar-refractivity contribution in [3.63, 3.8) is 0 Å². The summed E-state index contributed by atoms with van der Waals surface area (Å²) in [5.41, 5.74) is 1.90. The Morgan fingerprint density at radius 2 is 2.29 bits per heavy atom. The van der Waals surface area contributed by atoms with Crippen LogP contribution in [-0.2, 0) is 0 Å². The van der Waals surface area contributed by atoms with E-state index in [-0.39, 0.29) is 5.78 Å². The summed E-state index contributed by atoms with van der Waals surface area (Å²) in [7, 11) is 0. The minimum Gasteiger partial charge on any atom is -0.367 e. The Hall–Kier alpha value is -0.480. The van der Waals surface area contributed by atoms with Crippen LogP contribution in [0.2, 0.25) is 0 Å². The van der Waals surface area contributed by atoms with Crippen molar-refractivity contribution in [3.8, 4) is 0 Å². The lowest BCUT2D eigenvalue weighted by atomic mass is 10.1. The number of nitrogens with zero attached hydrogens (tertiary/aromatic N) is 1. The summed E-state index contributed by atoms with van der Waals surface area (Å²) in [5.74, 6) is 2.40. The summed E-state index contributed by atoms with van der Waals surface area (Å²) < 4.78 is 1.03. The van der Waals surface area contributed by atoms with E-state index in [0.29, 0.717) is 6.04 Å². The van der Waals surface area contributed by atoms with E-state index in [2.05, 4.69) is 33.8 Å².